The lowest BCUT2D eigenvalue weighted by molar-refractivity contribution is -0.143. The zero-order chi connectivity index (χ0) is 24.3. The molecule has 1 heterocycles. The molecule has 0 N–H and O–H groups in total. The third-order valence-corrected chi connectivity index (χ3v) is 5.70. The minimum Gasteiger partial charge on any atom is -0.462 e. The summed E-state index contributed by atoms with van der Waals surface area (Å²) in [5.41, 5.74) is 0.0971. The molecule has 33 heavy (non-hydrogen) atoms. The van der Waals surface area contributed by atoms with Gasteiger partial charge in [-0.2, -0.15) is 13.2 Å². The monoisotopic (exact) mass is 479 g/mol. The van der Waals surface area contributed by atoms with Gasteiger partial charge in [0.05, 0.1) is 24.3 Å². The Kier molecular flexibility index (Phi) is 7.52. The lowest BCUT2D eigenvalue weighted by Crippen LogP contribution is -2.38. The maximum atomic E-state index is 13.7. The Morgan fingerprint density at radius 2 is 1.88 bits per heavy atom. The highest BCUT2D eigenvalue weighted by atomic mass is 35.5. The van der Waals surface area contributed by atoms with Crippen molar-refractivity contribution in [3.8, 4) is 0 Å². The number of hydrogen-bond acceptors (Lipinski definition) is 3. The van der Waals surface area contributed by atoms with E-state index in [4.69, 9.17) is 16.3 Å². The molecule has 1 aliphatic heterocycles. The van der Waals surface area contributed by atoms with Crippen molar-refractivity contribution in [3.05, 3.63) is 81.5 Å². The molecule has 0 saturated heterocycles. The first-order chi connectivity index (χ1) is 15.5. The number of allylic oxidation sites excluding steroid dienone is 1. The van der Waals surface area contributed by atoms with E-state index in [-0.39, 0.29) is 48.2 Å². The summed E-state index contributed by atoms with van der Waals surface area (Å²) in [6.07, 6.45) is -4.91. The van der Waals surface area contributed by atoms with Gasteiger partial charge in [0.2, 0.25) is 5.91 Å². The van der Waals surface area contributed by atoms with Gasteiger partial charge >= 0.3 is 12.1 Å². The molecular weight excluding hydrogens is 455 g/mol. The van der Waals surface area contributed by atoms with Crippen LogP contribution >= 0.6 is 11.6 Å². The van der Waals surface area contributed by atoms with Crippen LogP contribution in [0.4, 0.5) is 13.2 Å². The molecule has 2 aromatic carbocycles. The van der Waals surface area contributed by atoms with E-state index < -0.39 is 23.6 Å². The second-order valence-corrected chi connectivity index (χ2v) is 8.88. The smallest absolute Gasteiger partial charge is 0.416 e. The minimum absolute atomic E-state index is 0.0450. The summed E-state index contributed by atoms with van der Waals surface area (Å²) >= 11 is 6.05. The van der Waals surface area contributed by atoms with E-state index in [0.29, 0.717) is 5.02 Å². The number of esters is 1. The zero-order valence-electron chi connectivity index (χ0n) is 18.6. The molecule has 1 aliphatic rings. The number of carbonyl (C=O) groups excluding carboxylic acids is 2. The molecule has 176 valence electrons. The van der Waals surface area contributed by atoms with Gasteiger partial charge in [0.15, 0.2) is 0 Å². The molecule has 1 amide bonds. The molecule has 3 rings (SSSR count). The van der Waals surface area contributed by atoms with Crippen molar-refractivity contribution >= 4 is 23.5 Å². The molecule has 1 unspecified atom stereocenters. The number of halogens is 4. The standard InChI is InChI=1S/C25H25ClF3NO3/c1-15(2)14-33-24(32)23-16(3)30(13-17-7-6-8-18(26)11-17)22(31)12-20(23)19-9-4-5-10-21(19)25(27,28)29/h4-11,15,20H,12-14H2,1-3H3. The highest BCUT2D eigenvalue weighted by Gasteiger charge is 2.42. The summed E-state index contributed by atoms with van der Waals surface area (Å²) in [7, 11) is 0. The number of ether oxygens (including phenoxy) is 1. The largest absolute Gasteiger partial charge is 0.462 e. The number of rotatable bonds is 6. The molecule has 0 bridgehead atoms. The van der Waals surface area contributed by atoms with Gasteiger partial charge in [-0.3, -0.25) is 4.79 Å². The number of hydrogen-bond donors (Lipinski definition) is 0. The van der Waals surface area contributed by atoms with Gasteiger partial charge in [-0.15, -0.1) is 0 Å². The molecule has 8 heteroatoms. The fourth-order valence-electron chi connectivity index (χ4n) is 3.93. The van der Waals surface area contributed by atoms with Gasteiger partial charge in [0.25, 0.3) is 0 Å². The normalized spacial score (nSPS) is 17.0. The van der Waals surface area contributed by atoms with Crippen LogP contribution in [0.15, 0.2) is 59.8 Å². The molecule has 0 spiro atoms. The van der Waals surface area contributed by atoms with Crippen LogP contribution in [-0.4, -0.2) is 23.4 Å². The lowest BCUT2D eigenvalue weighted by atomic mass is 9.81. The second kappa shape index (κ2) is 10.00. The van der Waals surface area contributed by atoms with Crippen LogP contribution < -0.4 is 0 Å². The first-order valence-electron chi connectivity index (χ1n) is 10.6. The summed E-state index contributed by atoms with van der Waals surface area (Å²) in [5.74, 6) is -2.12. The number of benzene rings is 2. The lowest BCUT2D eigenvalue weighted by Gasteiger charge is -2.35. The number of nitrogens with zero attached hydrogens (tertiary/aromatic N) is 1. The van der Waals surface area contributed by atoms with E-state index >= 15 is 0 Å². The van der Waals surface area contributed by atoms with Gasteiger partial charge in [-0.1, -0.05) is 55.8 Å². The highest BCUT2D eigenvalue weighted by Crippen LogP contribution is 2.43. The van der Waals surface area contributed by atoms with E-state index in [1.165, 1.54) is 23.1 Å². The number of alkyl halides is 3. The molecule has 1 atom stereocenters. The first-order valence-corrected chi connectivity index (χ1v) is 11.0. The topological polar surface area (TPSA) is 46.6 Å². The van der Waals surface area contributed by atoms with Crippen LogP contribution in [0.5, 0.6) is 0 Å². The van der Waals surface area contributed by atoms with Crippen molar-refractivity contribution < 1.29 is 27.5 Å². The van der Waals surface area contributed by atoms with Gasteiger partial charge in [0, 0.05) is 23.1 Å². The molecule has 0 fully saturated rings. The van der Waals surface area contributed by atoms with Crippen LogP contribution in [0.25, 0.3) is 0 Å². The Morgan fingerprint density at radius 1 is 1.18 bits per heavy atom. The maximum absolute atomic E-state index is 13.7. The Hall–Kier alpha value is -2.80. The molecule has 0 radical (unpaired) electrons. The fourth-order valence-corrected chi connectivity index (χ4v) is 4.14. The van der Waals surface area contributed by atoms with E-state index in [2.05, 4.69) is 0 Å². The SMILES string of the molecule is CC1=C(C(=O)OCC(C)C)C(c2ccccc2C(F)(F)F)CC(=O)N1Cc1cccc(Cl)c1. The molecular formula is C25H25ClF3NO3. The van der Waals surface area contributed by atoms with Crippen molar-refractivity contribution in [2.45, 2.75) is 45.8 Å². The molecule has 0 saturated carbocycles. The predicted molar refractivity (Wildman–Crippen MR) is 119 cm³/mol. The summed E-state index contributed by atoms with van der Waals surface area (Å²) in [6, 6.07) is 12.0. The third kappa shape index (κ3) is 5.77. The van der Waals surface area contributed by atoms with Crippen molar-refractivity contribution in [1.82, 2.24) is 4.90 Å². The van der Waals surface area contributed by atoms with Gasteiger partial charge < -0.3 is 9.64 Å². The Bertz CT molecular complexity index is 1080. The number of carbonyl (C=O) groups is 2. The van der Waals surface area contributed by atoms with E-state index in [1.807, 2.05) is 13.8 Å². The third-order valence-electron chi connectivity index (χ3n) is 5.46. The van der Waals surface area contributed by atoms with Crippen LogP contribution in [-0.2, 0) is 27.0 Å². The van der Waals surface area contributed by atoms with Crippen LogP contribution in [0.1, 0.15) is 49.8 Å². The molecule has 2 aromatic rings. The molecule has 4 nitrogen and oxygen atoms in total. The van der Waals surface area contributed by atoms with E-state index in [0.717, 1.165) is 11.6 Å². The number of amides is 1. The summed E-state index contributed by atoms with van der Waals surface area (Å²) in [4.78, 5) is 27.6. The average molecular weight is 480 g/mol. The molecule has 0 aromatic heterocycles. The van der Waals surface area contributed by atoms with Gasteiger partial charge in [0.1, 0.15) is 0 Å². The Morgan fingerprint density at radius 3 is 2.52 bits per heavy atom. The van der Waals surface area contributed by atoms with E-state index in [9.17, 15) is 22.8 Å². The van der Waals surface area contributed by atoms with Crippen molar-refractivity contribution in [2.24, 2.45) is 5.92 Å². The maximum Gasteiger partial charge on any atom is 0.416 e. The minimum atomic E-state index is -4.63. The van der Waals surface area contributed by atoms with Crippen molar-refractivity contribution in [3.63, 3.8) is 0 Å². The van der Waals surface area contributed by atoms with Gasteiger partial charge in [-0.25, -0.2) is 4.79 Å². The Labute approximate surface area is 196 Å². The van der Waals surface area contributed by atoms with Crippen LogP contribution in [0.2, 0.25) is 5.02 Å². The fraction of sp³-hybridized carbons (Fsp3) is 0.360. The first kappa shape index (κ1) is 24.8. The summed E-state index contributed by atoms with van der Waals surface area (Å²) < 4.78 is 46.6. The predicted octanol–water partition coefficient (Wildman–Crippen LogP) is 6.35. The quantitative estimate of drug-likeness (QED) is 0.454. The van der Waals surface area contributed by atoms with Crippen LogP contribution in [0.3, 0.4) is 0 Å². The summed E-state index contributed by atoms with van der Waals surface area (Å²) in [6.45, 7) is 5.55. The second-order valence-electron chi connectivity index (χ2n) is 8.44. The highest BCUT2D eigenvalue weighted by molar-refractivity contribution is 6.30. The van der Waals surface area contributed by atoms with Crippen molar-refractivity contribution in [2.75, 3.05) is 6.61 Å². The zero-order valence-corrected chi connectivity index (χ0v) is 19.3. The Balaban J connectivity index is 2.10. The van der Waals surface area contributed by atoms with Crippen LogP contribution in [0, 0.1) is 5.92 Å². The van der Waals surface area contributed by atoms with Crippen molar-refractivity contribution in [1.29, 1.82) is 0 Å². The summed E-state index contributed by atoms with van der Waals surface area (Å²) in [5, 5.41) is 0.493. The average Bonchev–Trinajstić information content (AvgIpc) is 2.74. The van der Waals surface area contributed by atoms with E-state index in [1.54, 1.807) is 31.2 Å². The molecule has 0 aliphatic carbocycles. The van der Waals surface area contributed by atoms with Gasteiger partial charge in [-0.05, 0) is 42.2 Å².